The molecule has 14 nitrogen and oxygen atoms in total. The Hall–Kier alpha value is -5.45. The topological polar surface area (TPSA) is 200 Å². The molecule has 0 spiro atoms. The maximum absolute atomic E-state index is 13.3. The van der Waals surface area contributed by atoms with Crippen molar-refractivity contribution in [3.63, 3.8) is 0 Å². The first kappa shape index (κ1) is 47.6. The van der Waals surface area contributed by atoms with E-state index in [2.05, 4.69) is 41.7 Å². The highest BCUT2D eigenvalue weighted by atomic mass is 35.5. The van der Waals surface area contributed by atoms with Crippen LogP contribution in [0.2, 0.25) is 30.1 Å². The first-order valence-corrected chi connectivity index (χ1v) is 20.5. The van der Waals surface area contributed by atoms with Gasteiger partial charge in [0.25, 0.3) is 23.6 Å². The number of nitrogens with zero attached hydrogens (tertiary/aromatic N) is 4. The zero-order chi connectivity index (χ0) is 45.2. The van der Waals surface area contributed by atoms with Crippen molar-refractivity contribution in [3.8, 4) is 0 Å². The number of halogens is 7. The third-order valence-corrected chi connectivity index (χ3v) is 10.1. The number of rotatable bonds is 15. The van der Waals surface area contributed by atoms with Gasteiger partial charge in [0.15, 0.2) is 11.6 Å². The summed E-state index contributed by atoms with van der Waals surface area (Å²) in [4.78, 5) is 77.7. The predicted octanol–water partition coefficient (Wildman–Crippen LogP) is 12.2. The van der Waals surface area contributed by atoms with Gasteiger partial charge in [0.1, 0.15) is 0 Å². The number of carbonyl (C=O) groups is 6. The molecule has 0 bridgehead atoms. The fraction of sp³-hybridized carbons (Fsp3) is 0.122. The molecular formula is C41H29Cl7N8O6. The number of carbonyl (C=O) groups excluding carboxylic acids is 6. The lowest BCUT2D eigenvalue weighted by Gasteiger charge is -2.15. The molecule has 318 valence electrons. The summed E-state index contributed by atoms with van der Waals surface area (Å²) in [5.74, 6) is -4.41. The summed E-state index contributed by atoms with van der Waals surface area (Å²) in [6.45, 7) is 2.28. The van der Waals surface area contributed by atoms with Crippen LogP contribution in [0.4, 0.5) is 34.1 Å². The lowest BCUT2D eigenvalue weighted by atomic mass is 10.1. The Bertz CT molecular complexity index is 2680. The van der Waals surface area contributed by atoms with Gasteiger partial charge < -0.3 is 21.3 Å². The molecule has 2 atom stereocenters. The smallest absolute Gasteiger partial charge is 0.258 e. The number of alkyl halides is 1. The SMILES string of the molecule is CC(=O)C(N=Nc1cc(Cl)cc(C(=O)Nc2cc(Cl)ccc2Cl)c1)C(=O)Nc1ccc(NC(=O)C(N=Nc2cc(Cl)cc(C(=O)Nc3cc(Cl)ccc3Cl)c2)C(C)=O)c(CCl)c1. The van der Waals surface area contributed by atoms with Crippen LogP contribution < -0.4 is 21.3 Å². The monoisotopic (exact) mass is 974 g/mol. The number of benzene rings is 5. The van der Waals surface area contributed by atoms with Crippen molar-refractivity contribution in [2.24, 2.45) is 20.5 Å². The lowest BCUT2D eigenvalue weighted by Crippen LogP contribution is -2.32. The third kappa shape index (κ3) is 13.0. The van der Waals surface area contributed by atoms with E-state index in [1.54, 1.807) is 12.1 Å². The number of ketones is 2. The van der Waals surface area contributed by atoms with Crippen molar-refractivity contribution in [2.75, 3.05) is 21.3 Å². The summed E-state index contributed by atoms with van der Waals surface area (Å²) >= 11 is 43.0. The lowest BCUT2D eigenvalue weighted by molar-refractivity contribution is -0.127. The Morgan fingerprint density at radius 1 is 0.500 bits per heavy atom. The first-order chi connectivity index (χ1) is 29.4. The Labute approximate surface area is 388 Å². The van der Waals surface area contributed by atoms with E-state index >= 15 is 0 Å². The van der Waals surface area contributed by atoms with Crippen LogP contribution in [-0.4, -0.2) is 47.3 Å². The summed E-state index contributed by atoms with van der Waals surface area (Å²) in [6, 6.07) is 18.2. The number of nitrogens with one attached hydrogen (secondary N) is 4. The van der Waals surface area contributed by atoms with Crippen molar-refractivity contribution in [3.05, 3.63) is 138 Å². The molecule has 5 aromatic carbocycles. The van der Waals surface area contributed by atoms with Gasteiger partial charge >= 0.3 is 0 Å². The number of azo groups is 2. The molecule has 5 aromatic rings. The third-order valence-electron chi connectivity index (χ3n) is 8.26. The molecule has 0 heterocycles. The van der Waals surface area contributed by atoms with Crippen LogP contribution in [0.25, 0.3) is 0 Å². The molecule has 0 saturated carbocycles. The molecule has 4 amide bonds. The van der Waals surface area contributed by atoms with Gasteiger partial charge in [0.2, 0.25) is 12.1 Å². The van der Waals surface area contributed by atoms with E-state index in [9.17, 15) is 28.8 Å². The van der Waals surface area contributed by atoms with E-state index in [-0.39, 0.29) is 71.2 Å². The van der Waals surface area contributed by atoms with Crippen molar-refractivity contribution in [2.45, 2.75) is 31.8 Å². The van der Waals surface area contributed by atoms with Gasteiger partial charge in [-0.25, -0.2) is 0 Å². The molecule has 0 aliphatic heterocycles. The minimum Gasteiger partial charge on any atom is -0.324 e. The highest BCUT2D eigenvalue weighted by Crippen LogP contribution is 2.30. The molecule has 4 N–H and O–H groups in total. The summed E-state index contributed by atoms with van der Waals surface area (Å²) < 4.78 is 0. The van der Waals surface area contributed by atoms with E-state index in [1.807, 2.05) is 0 Å². The Morgan fingerprint density at radius 3 is 1.39 bits per heavy atom. The minimum absolute atomic E-state index is 0.0595. The second-order valence-corrected chi connectivity index (χ2v) is 15.8. The molecule has 0 aliphatic carbocycles. The number of hydrogen-bond donors (Lipinski definition) is 4. The Balaban J connectivity index is 1.26. The van der Waals surface area contributed by atoms with Gasteiger partial charge in [-0.3, -0.25) is 28.8 Å². The predicted molar refractivity (Wildman–Crippen MR) is 243 cm³/mol. The molecule has 0 radical (unpaired) electrons. The molecule has 5 rings (SSSR count). The van der Waals surface area contributed by atoms with Crippen LogP contribution in [0.15, 0.2) is 111 Å². The van der Waals surface area contributed by atoms with Gasteiger partial charge in [-0.15, -0.1) is 11.6 Å². The van der Waals surface area contributed by atoms with Crippen LogP contribution in [0, 0.1) is 0 Å². The standard InChI is InChI=1S/C41H29Cl7N8O6/c1-19(57)36(55-53-29-11-21(9-26(45)14-29)38(59)51-34-16-24(43)3-6-31(34)47)40(61)49-28-5-8-33(23(13-28)18-42)50-41(62)37(20(2)58)56-54-30-12-22(10-27(46)15-30)39(60)52-35-17-25(44)4-7-32(35)48/h3-17,36-37H,18H2,1-2H3,(H,49,61)(H,50,62)(H,51,59)(H,52,60). The molecule has 0 aliphatic rings. The molecule has 0 saturated heterocycles. The van der Waals surface area contributed by atoms with Crippen molar-refractivity contribution in [1.29, 1.82) is 0 Å². The highest BCUT2D eigenvalue weighted by Gasteiger charge is 2.26. The molecule has 62 heavy (non-hydrogen) atoms. The number of Topliss-reactive ketones (excluding diaryl/α,β-unsaturated/α-hetero) is 2. The molecular weight excluding hydrogens is 949 g/mol. The van der Waals surface area contributed by atoms with Crippen molar-refractivity contribution >= 4 is 151 Å². The quantitative estimate of drug-likeness (QED) is 0.0457. The number of amides is 4. The summed E-state index contributed by atoms with van der Waals surface area (Å²) in [7, 11) is 0. The second-order valence-electron chi connectivity index (χ2n) is 13.0. The van der Waals surface area contributed by atoms with Crippen LogP contribution in [0.1, 0.15) is 40.1 Å². The fourth-order valence-corrected chi connectivity index (χ4v) is 6.66. The van der Waals surface area contributed by atoms with Gasteiger partial charge in [-0.05, 0) is 110 Å². The maximum atomic E-state index is 13.3. The number of anilines is 4. The minimum atomic E-state index is -1.63. The summed E-state index contributed by atoms with van der Waals surface area (Å²) in [6.07, 6.45) is 0. The molecule has 21 heteroatoms. The van der Waals surface area contributed by atoms with Gasteiger partial charge in [0.05, 0.1) is 32.8 Å². The fourth-order valence-electron chi connectivity index (χ4n) is 5.30. The Morgan fingerprint density at radius 2 is 0.952 bits per heavy atom. The zero-order valence-corrected chi connectivity index (χ0v) is 37.2. The largest absolute Gasteiger partial charge is 0.324 e. The molecule has 0 aromatic heterocycles. The maximum Gasteiger partial charge on any atom is 0.258 e. The average Bonchev–Trinajstić information content (AvgIpc) is 3.20. The van der Waals surface area contributed by atoms with Gasteiger partial charge in [-0.2, -0.15) is 20.5 Å². The van der Waals surface area contributed by atoms with Crippen LogP contribution in [0.3, 0.4) is 0 Å². The molecule has 2 unspecified atom stereocenters. The first-order valence-electron chi connectivity index (χ1n) is 17.7. The zero-order valence-electron chi connectivity index (χ0n) is 31.9. The molecule has 0 fully saturated rings. The van der Waals surface area contributed by atoms with Gasteiger partial charge in [0, 0.05) is 48.5 Å². The van der Waals surface area contributed by atoms with E-state index < -0.39 is 47.3 Å². The summed E-state index contributed by atoms with van der Waals surface area (Å²) in [5.41, 5.74) is 1.44. The average molecular weight is 978 g/mol. The number of hydrogen-bond acceptors (Lipinski definition) is 10. The van der Waals surface area contributed by atoms with Gasteiger partial charge in [-0.1, -0.05) is 69.6 Å². The van der Waals surface area contributed by atoms with E-state index in [4.69, 9.17) is 81.2 Å². The normalized spacial score (nSPS) is 12.1. The second kappa shape index (κ2) is 21.6. The van der Waals surface area contributed by atoms with E-state index in [0.717, 1.165) is 13.8 Å². The van der Waals surface area contributed by atoms with E-state index in [1.165, 1.54) is 78.9 Å². The van der Waals surface area contributed by atoms with Crippen LogP contribution in [0.5, 0.6) is 0 Å². The Kier molecular flexibility index (Phi) is 16.6. The van der Waals surface area contributed by atoms with E-state index in [0.29, 0.717) is 15.6 Å². The van der Waals surface area contributed by atoms with Crippen LogP contribution >= 0.6 is 81.2 Å². The highest BCUT2D eigenvalue weighted by molar-refractivity contribution is 6.37. The summed E-state index contributed by atoms with van der Waals surface area (Å²) in [5, 5.41) is 27.7. The van der Waals surface area contributed by atoms with Crippen LogP contribution in [-0.2, 0) is 25.1 Å². The van der Waals surface area contributed by atoms with Crippen molar-refractivity contribution < 1.29 is 28.8 Å². The van der Waals surface area contributed by atoms with Crippen molar-refractivity contribution in [1.82, 2.24) is 0 Å².